The highest BCUT2D eigenvalue weighted by atomic mass is 19.4. The first-order chi connectivity index (χ1) is 10.5. The molecule has 23 heavy (non-hydrogen) atoms. The lowest BCUT2D eigenvalue weighted by Gasteiger charge is -2.18. The third-order valence-corrected chi connectivity index (χ3v) is 3.31. The van der Waals surface area contributed by atoms with E-state index in [0.717, 1.165) is 36.4 Å². The molecule has 0 aromatic heterocycles. The van der Waals surface area contributed by atoms with Crippen molar-refractivity contribution in [3.05, 3.63) is 53.6 Å². The van der Waals surface area contributed by atoms with Gasteiger partial charge in [-0.3, -0.25) is 0 Å². The van der Waals surface area contributed by atoms with E-state index in [9.17, 15) is 26.3 Å². The summed E-state index contributed by atoms with van der Waals surface area (Å²) in [5, 5.41) is 0. The quantitative estimate of drug-likeness (QED) is 0.660. The van der Waals surface area contributed by atoms with Gasteiger partial charge in [-0.05, 0) is 41.5 Å². The van der Waals surface area contributed by atoms with Crippen molar-refractivity contribution >= 4 is 5.69 Å². The van der Waals surface area contributed by atoms with E-state index in [4.69, 9.17) is 0 Å². The van der Waals surface area contributed by atoms with E-state index in [1.54, 1.807) is 14.1 Å². The van der Waals surface area contributed by atoms with Crippen LogP contribution in [0, 0.1) is 0 Å². The smallest absolute Gasteiger partial charge is 0.378 e. The van der Waals surface area contributed by atoms with E-state index >= 15 is 0 Å². The molecule has 0 bridgehead atoms. The molecule has 0 aliphatic carbocycles. The third kappa shape index (κ3) is 3.97. The van der Waals surface area contributed by atoms with E-state index in [1.807, 2.05) is 0 Å². The van der Waals surface area contributed by atoms with Crippen molar-refractivity contribution in [3.8, 4) is 11.1 Å². The van der Waals surface area contributed by atoms with Gasteiger partial charge in [-0.1, -0.05) is 12.1 Å². The Labute approximate surface area is 129 Å². The van der Waals surface area contributed by atoms with Crippen LogP contribution in [0.4, 0.5) is 32.0 Å². The van der Waals surface area contributed by atoms with Crippen molar-refractivity contribution in [1.29, 1.82) is 0 Å². The Bertz CT molecular complexity index is 683. The van der Waals surface area contributed by atoms with Gasteiger partial charge in [-0.15, -0.1) is 0 Å². The minimum atomic E-state index is -4.54. The standard InChI is InChI=1S/C16H13F6N/c1-23(2)14-8-11(7-13(9-14)16(20,21)22)10-3-5-12(6-4-10)15(17,18)19/h3-9H,1-2H3. The van der Waals surface area contributed by atoms with E-state index < -0.39 is 23.5 Å². The SMILES string of the molecule is CN(C)c1cc(-c2ccc(C(F)(F)F)cc2)cc(C(F)(F)F)c1. The van der Waals surface area contributed by atoms with Gasteiger partial charge in [0.2, 0.25) is 0 Å². The Hall–Kier alpha value is -2.18. The Balaban J connectivity index is 2.52. The number of rotatable bonds is 2. The summed E-state index contributed by atoms with van der Waals surface area (Å²) in [4.78, 5) is 1.50. The average Bonchev–Trinajstić information content (AvgIpc) is 2.45. The maximum Gasteiger partial charge on any atom is 0.416 e. The number of anilines is 1. The van der Waals surface area contributed by atoms with Crippen molar-refractivity contribution < 1.29 is 26.3 Å². The Morgan fingerprint density at radius 2 is 1.17 bits per heavy atom. The fourth-order valence-corrected chi connectivity index (χ4v) is 2.05. The second kappa shape index (κ2) is 5.79. The average molecular weight is 333 g/mol. The second-order valence-corrected chi connectivity index (χ2v) is 5.24. The van der Waals surface area contributed by atoms with Crippen molar-refractivity contribution in [2.45, 2.75) is 12.4 Å². The number of hydrogen-bond acceptors (Lipinski definition) is 1. The predicted molar refractivity (Wildman–Crippen MR) is 76.2 cm³/mol. The third-order valence-electron chi connectivity index (χ3n) is 3.31. The molecule has 7 heteroatoms. The van der Waals surface area contributed by atoms with Crippen LogP contribution in [0.5, 0.6) is 0 Å². The molecule has 0 amide bonds. The highest BCUT2D eigenvalue weighted by Gasteiger charge is 2.32. The van der Waals surface area contributed by atoms with Crippen molar-refractivity contribution in [3.63, 3.8) is 0 Å². The maximum absolute atomic E-state index is 13.0. The zero-order valence-corrected chi connectivity index (χ0v) is 12.3. The van der Waals surface area contributed by atoms with Crippen LogP contribution in [-0.4, -0.2) is 14.1 Å². The molecule has 0 atom stereocenters. The molecule has 0 aliphatic heterocycles. The summed E-state index contributed by atoms with van der Waals surface area (Å²) < 4.78 is 76.6. The summed E-state index contributed by atoms with van der Waals surface area (Å²) in [5.74, 6) is 0. The number of halogens is 6. The molecule has 0 fully saturated rings. The van der Waals surface area contributed by atoms with Gasteiger partial charge in [-0.2, -0.15) is 26.3 Å². The van der Waals surface area contributed by atoms with E-state index in [0.29, 0.717) is 5.69 Å². The van der Waals surface area contributed by atoms with Gasteiger partial charge in [-0.25, -0.2) is 0 Å². The molecule has 0 heterocycles. The minimum absolute atomic E-state index is 0.206. The number of nitrogens with zero attached hydrogens (tertiary/aromatic N) is 1. The van der Waals surface area contributed by atoms with Crippen LogP contribution in [0.2, 0.25) is 0 Å². The second-order valence-electron chi connectivity index (χ2n) is 5.24. The van der Waals surface area contributed by atoms with Crippen LogP contribution in [0.15, 0.2) is 42.5 Å². The molecule has 2 rings (SSSR count). The summed E-state index contributed by atoms with van der Waals surface area (Å²) in [6, 6.07) is 7.45. The predicted octanol–water partition coefficient (Wildman–Crippen LogP) is 5.46. The highest BCUT2D eigenvalue weighted by molar-refractivity contribution is 5.70. The maximum atomic E-state index is 13.0. The summed E-state index contributed by atoms with van der Waals surface area (Å²) in [7, 11) is 3.18. The largest absolute Gasteiger partial charge is 0.416 e. The lowest BCUT2D eigenvalue weighted by atomic mass is 10.00. The molecule has 0 saturated heterocycles. The fraction of sp³-hybridized carbons (Fsp3) is 0.250. The first-order valence-electron chi connectivity index (χ1n) is 6.56. The van der Waals surface area contributed by atoms with Crippen LogP contribution in [0.1, 0.15) is 11.1 Å². The molecule has 0 aliphatic rings. The zero-order valence-electron chi connectivity index (χ0n) is 12.3. The molecular formula is C16H13F6N. The van der Waals surface area contributed by atoms with Crippen LogP contribution in [0.25, 0.3) is 11.1 Å². The van der Waals surface area contributed by atoms with Gasteiger partial charge in [0.05, 0.1) is 11.1 Å². The first kappa shape index (κ1) is 17.2. The van der Waals surface area contributed by atoms with Crippen molar-refractivity contribution in [1.82, 2.24) is 0 Å². The van der Waals surface area contributed by atoms with Crippen molar-refractivity contribution in [2.75, 3.05) is 19.0 Å². The number of benzene rings is 2. The monoisotopic (exact) mass is 333 g/mol. The van der Waals surface area contributed by atoms with Gasteiger partial charge in [0.1, 0.15) is 0 Å². The topological polar surface area (TPSA) is 3.24 Å². The fourth-order valence-electron chi connectivity index (χ4n) is 2.05. The number of alkyl halides is 6. The molecule has 0 spiro atoms. The molecule has 0 saturated carbocycles. The zero-order chi connectivity index (χ0) is 17.4. The van der Waals surface area contributed by atoms with Crippen LogP contribution >= 0.6 is 0 Å². The molecule has 0 radical (unpaired) electrons. The van der Waals surface area contributed by atoms with Gasteiger partial charge in [0.25, 0.3) is 0 Å². The molecular weight excluding hydrogens is 320 g/mol. The Morgan fingerprint density at radius 1 is 0.652 bits per heavy atom. The summed E-state index contributed by atoms with van der Waals surface area (Å²) >= 11 is 0. The van der Waals surface area contributed by atoms with Gasteiger partial charge in [0.15, 0.2) is 0 Å². The highest BCUT2D eigenvalue weighted by Crippen LogP contribution is 2.36. The van der Waals surface area contributed by atoms with E-state index in [1.165, 1.54) is 11.0 Å². The molecule has 0 N–H and O–H groups in total. The molecule has 2 aromatic rings. The number of hydrogen-bond donors (Lipinski definition) is 0. The van der Waals surface area contributed by atoms with E-state index in [-0.39, 0.29) is 11.1 Å². The molecule has 1 nitrogen and oxygen atoms in total. The van der Waals surface area contributed by atoms with Gasteiger partial charge in [0, 0.05) is 19.8 Å². The normalized spacial score (nSPS) is 12.3. The van der Waals surface area contributed by atoms with Gasteiger partial charge >= 0.3 is 12.4 Å². The Kier molecular flexibility index (Phi) is 4.32. The van der Waals surface area contributed by atoms with Gasteiger partial charge < -0.3 is 4.90 Å². The van der Waals surface area contributed by atoms with Crippen LogP contribution in [-0.2, 0) is 12.4 Å². The lowest BCUT2D eigenvalue weighted by Crippen LogP contribution is -2.12. The molecule has 124 valence electrons. The lowest BCUT2D eigenvalue weighted by molar-refractivity contribution is -0.138. The van der Waals surface area contributed by atoms with Crippen molar-refractivity contribution in [2.24, 2.45) is 0 Å². The van der Waals surface area contributed by atoms with Crippen LogP contribution < -0.4 is 4.90 Å². The summed E-state index contributed by atoms with van der Waals surface area (Å²) in [5.41, 5.74) is -0.890. The van der Waals surface area contributed by atoms with E-state index in [2.05, 4.69) is 0 Å². The molecule has 2 aromatic carbocycles. The summed E-state index contributed by atoms with van der Waals surface area (Å²) in [6.45, 7) is 0. The van der Waals surface area contributed by atoms with Crippen LogP contribution in [0.3, 0.4) is 0 Å². The minimum Gasteiger partial charge on any atom is -0.378 e. The first-order valence-corrected chi connectivity index (χ1v) is 6.56. The molecule has 0 unspecified atom stereocenters. The summed E-state index contributed by atoms with van der Waals surface area (Å²) in [6.07, 6.45) is -9.02. The Morgan fingerprint density at radius 3 is 1.61 bits per heavy atom.